The lowest BCUT2D eigenvalue weighted by molar-refractivity contribution is -0.145. The molecular weight excluding hydrogens is 212 g/mol. The number of methoxy groups -OCH3 is 1. The largest absolute Gasteiger partial charge is 0.469 e. The van der Waals surface area contributed by atoms with Gasteiger partial charge in [-0.15, -0.1) is 0 Å². The van der Waals surface area contributed by atoms with Crippen LogP contribution in [0.25, 0.3) is 0 Å². The van der Waals surface area contributed by atoms with Crippen molar-refractivity contribution in [2.45, 2.75) is 6.92 Å². The lowest BCUT2D eigenvalue weighted by atomic mass is 10.1. The number of carbonyl (C=O) groups is 2. The zero-order chi connectivity index (χ0) is 12.1. The third-order valence-corrected chi connectivity index (χ3v) is 2.15. The first-order valence-electron chi connectivity index (χ1n) is 4.80. The predicted octanol–water partition coefficient (Wildman–Crippen LogP) is 0.556. The molecule has 6 nitrogen and oxygen atoms in total. The molecule has 0 radical (unpaired) electrons. The number of hydrogen-bond acceptors (Lipinski definition) is 5. The van der Waals surface area contributed by atoms with Crippen molar-refractivity contribution >= 4 is 11.9 Å². The molecule has 0 saturated carbocycles. The molecule has 0 bridgehead atoms. The minimum absolute atomic E-state index is 0.152. The van der Waals surface area contributed by atoms with Crippen LogP contribution >= 0.6 is 0 Å². The van der Waals surface area contributed by atoms with Crippen molar-refractivity contribution in [3.05, 3.63) is 18.0 Å². The number of aromatic nitrogens is 1. The Labute approximate surface area is 93.1 Å². The van der Waals surface area contributed by atoms with E-state index < -0.39 is 0 Å². The SMILES string of the molecule is COC(=O)C(C)CN(C)C(=O)c1ccno1. The number of nitrogens with zero attached hydrogens (tertiary/aromatic N) is 2. The maximum absolute atomic E-state index is 11.7. The fourth-order valence-corrected chi connectivity index (χ4v) is 1.28. The molecule has 1 heterocycles. The van der Waals surface area contributed by atoms with E-state index in [9.17, 15) is 9.59 Å². The van der Waals surface area contributed by atoms with Gasteiger partial charge in [0.15, 0.2) is 0 Å². The highest BCUT2D eigenvalue weighted by atomic mass is 16.5. The summed E-state index contributed by atoms with van der Waals surface area (Å²) in [5.41, 5.74) is 0. The van der Waals surface area contributed by atoms with E-state index in [-0.39, 0.29) is 30.1 Å². The second-order valence-corrected chi connectivity index (χ2v) is 3.49. The molecular formula is C10H14N2O4. The molecule has 0 aliphatic carbocycles. The fourth-order valence-electron chi connectivity index (χ4n) is 1.28. The van der Waals surface area contributed by atoms with Crippen molar-refractivity contribution in [2.75, 3.05) is 20.7 Å². The van der Waals surface area contributed by atoms with E-state index in [4.69, 9.17) is 4.52 Å². The predicted molar refractivity (Wildman–Crippen MR) is 54.6 cm³/mol. The Morgan fingerprint density at radius 3 is 2.81 bits per heavy atom. The summed E-state index contributed by atoms with van der Waals surface area (Å²) in [7, 11) is 2.90. The van der Waals surface area contributed by atoms with Crippen LogP contribution in [-0.4, -0.2) is 42.6 Å². The first-order valence-corrected chi connectivity index (χ1v) is 4.80. The maximum atomic E-state index is 11.7. The summed E-state index contributed by atoms with van der Waals surface area (Å²) in [6.07, 6.45) is 1.39. The Morgan fingerprint density at radius 2 is 2.31 bits per heavy atom. The van der Waals surface area contributed by atoms with Crippen LogP contribution in [0.1, 0.15) is 17.5 Å². The second-order valence-electron chi connectivity index (χ2n) is 3.49. The zero-order valence-corrected chi connectivity index (χ0v) is 9.47. The Bertz CT molecular complexity index is 361. The van der Waals surface area contributed by atoms with E-state index in [0.29, 0.717) is 0 Å². The maximum Gasteiger partial charge on any atom is 0.310 e. The Balaban J connectivity index is 2.56. The third kappa shape index (κ3) is 2.82. The van der Waals surface area contributed by atoms with Gasteiger partial charge in [0, 0.05) is 19.7 Å². The third-order valence-electron chi connectivity index (χ3n) is 2.15. The molecule has 0 spiro atoms. The Morgan fingerprint density at radius 1 is 1.62 bits per heavy atom. The lowest BCUT2D eigenvalue weighted by Crippen LogP contribution is -2.33. The molecule has 1 rings (SSSR count). The molecule has 1 aromatic heterocycles. The summed E-state index contributed by atoms with van der Waals surface area (Å²) in [4.78, 5) is 24.2. The molecule has 6 heteroatoms. The van der Waals surface area contributed by atoms with Crippen LogP contribution in [0.5, 0.6) is 0 Å². The Hall–Kier alpha value is -1.85. The average Bonchev–Trinajstić information content (AvgIpc) is 2.79. The van der Waals surface area contributed by atoms with Gasteiger partial charge in [-0.25, -0.2) is 0 Å². The van der Waals surface area contributed by atoms with E-state index in [0.717, 1.165) is 0 Å². The summed E-state index contributed by atoms with van der Waals surface area (Å²) < 4.78 is 9.30. The minimum atomic E-state index is -0.373. The first-order chi connectivity index (χ1) is 7.56. The number of hydrogen-bond donors (Lipinski definition) is 0. The zero-order valence-electron chi connectivity index (χ0n) is 9.47. The molecule has 0 aliphatic rings. The molecule has 1 amide bonds. The van der Waals surface area contributed by atoms with Gasteiger partial charge in [0.25, 0.3) is 5.91 Å². The molecule has 0 aromatic carbocycles. The van der Waals surface area contributed by atoms with Crippen molar-refractivity contribution in [3.63, 3.8) is 0 Å². The summed E-state index contributed by atoms with van der Waals surface area (Å²) in [6, 6.07) is 1.47. The van der Waals surface area contributed by atoms with Crippen LogP contribution in [0.4, 0.5) is 0 Å². The first kappa shape index (κ1) is 12.2. The van der Waals surface area contributed by atoms with Crippen LogP contribution in [-0.2, 0) is 9.53 Å². The van der Waals surface area contributed by atoms with E-state index in [1.165, 1.54) is 24.3 Å². The Kier molecular flexibility index (Phi) is 4.04. The highest BCUT2D eigenvalue weighted by Crippen LogP contribution is 2.06. The average molecular weight is 226 g/mol. The van der Waals surface area contributed by atoms with Crippen molar-refractivity contribution in [3.8, 4) is 0 Å². The highest BCUT2D eigenvalue weighted by Gasteiger charge is 2.21. The second kappa shape index (κ2) is 5.29. The van der Waals surface area contributed by atoms with Crippen LogP contribution in [0.15, 0.2) is 16.8 Å². The van der Waals surface area contributed by atoms with Crippen molar-refractivity contribution in [1.29, 1.82) is 0 Å². The van der Waals surface area contributed by atoms with E-state index in [1.54, 1.807) is 14.0 Å². The molecule has 88 valence electrons. The highest BCUT2D eigenvalue weighted by molar-refractivity contribution is 5.91. The lowest BCUT2D eigenvalue weighted by Gasteiger charge is -2.18. The van der Waals surface area contributed by atoms with Gasteiger partial charge in [0.1, 0.15) is 0 Å². The number of rotatable bonds is 4. The number of amides is 1. The van der Waals surface area contributed by atoms with Gasteiger partial charge in [-0.2, -0.15) is 0 Å². The monoisotopic (exact) mass is 226 g/mol. The van der Waals surface area contributed by atoms with Gasteiger partial charge in [-0.1, -0.05) is 12.1 Å². The van der Waals surface area contributed by atoms with Crippen molar-refractivity contribution < 1.29 is 18.8 Å². The topological polar surface area (TPSA) is 72.6 Å². The van der Waals surface area contributed by atoms with Gasteiger partial charge in [0.05, 0.1) is 19.2 Å². The molecule has 1 atom stereocenters. The van der Waals surface area contributed by atoms with Gasteiger partial charge in [0.2, 0.25) is 5.76 Å². The van der Waals surface area contributed by atoms with Gasteiger partial charge in [-0.05, 0) is 0 Å². The molecule has 0 aliphatic heterocycles. The van der Waals surface area contributed by atoms with Crippen LogP contribution in [0.3, 0.4) is 0 Å². The summed E-state index contributed by atoms with van der Waals surface area (Å²) in [6.45, 7) is 1.96. The summed E-state index contributed by atoms with van der Waals surface area (Å²) >= 11 is 0. The van der Waals surface area contributed by atoms with Crippen LogP contribution in [0, 0.1) is 5.92 Å². The molecule has 0 fully saturated rings. The molecule has 1 unspecified atom stereocenters. The van der Waals surface area contributed by atoms with Gasteiger partial charge >= 0.3 is 5.97 Å². The van der Waals surface area contributed by atoms with Gasteiger partial charge < -0.3 is 14.2 Å². The number of esters is 1. The molecule has 0 N–H and O–H groups in total. The van der Waals surface area contributed by atoms with Gasteiger partial charge in [-0.3, -0.25) is 9.59 Å². The standard InChI is InChI=1S/C10H14N2O4/c1-7(10(14)15-3)6-12(2)9(13)8-4-5-11-16-8/h4-5,7H,6H2,1-3H3. The smallest absolute Gasteiger partial charge is 0.310 e. The van der Waals surface area contributed by atoms with E-state index >= 15 is 0 Å². The summed E-state index contributed by atoms with van der Waals surface area (Å²) in [5, 5.41) is 3.44. The molecule has 0 saturated heterocycles. The molecule has 1 aromatic rings. The number of carbonyl (C=O) groups excluding carboxylic acids is 2. The van der Waals surface area contributed by atoms with Crippen molar-refractivity contribution in [2.24, 2.45) is 5.92 Å². The normalized spacial score (nSPS) is 11.9. The fraction of sp³-hybridized carbons (Fsp3) is 0.500. The van der Waals surface area contributed by atoms with Crippen LogP contribution in [0.2, 0.25) is 0 Å². The van der Waals surface area contributed by atoms with Crippen molar-refractivity contribution in [1.82, 2.24) is 10.1 Å². The van der Waals surface area contributed by atoms with E-state index in [1.807, 2.05) is 0 Å². The molecule has 16 heavy (non-hydrogen) atoms. The van der Waals surface area contributed by atoms with Crippen LogP contribution < -0.4 is 0 Å². The summed E-state index contributed by atoms with van der Waals surface area (Å²) in [5.74, 6) is -0.882. The van der Waals surface area contributed by atoms with E-state index in [2.05, 4.69) is 9.89 Å². The minimum Gasteiger partial charge on any atom is -0.469 e. The quantitative estimate of drug-likeness (QED) is 0.701. The number of ether oxygens (including phenoxy) is 1.